The highest BCUT2D eigenvalue weighted by Crippen LogP contribution is 2.38. The highest BCUT2D eigenvalue weighted by molar-refractivity contribution is 6.30. The van der Waals surface area contributed by atoms with Crippen molar-refractivity contribution in [2.45, 2.75) is 12.2 Å². The topological polar surface area (TPSA) is 64.4 Å². The van der Waals surface area contributed by atoms with E-state index >= 15 is 0 Å². The summed E-state index contributed by atoms with van der Waals surface area (Å²) in [4.78, 5) is 4.47. The lowest BCUT2D eigenvalue weighted by molar-refractivity contribution is 0.627. The summed E-state index contributed by atoms with van der Waals surface area (Å²) in [5.41, 5.74) is 16.2. The highest BCUT2D eigenvalue weighted by atomic mass is 35.5. The maximum Gasteiger partial charge on any atom is 0.141 e. The van der Waals surface area contributed by atoms with Crippen LogP contribution in [-0.2, 0) is 0 Å². The molecule has 0 saturated heterocycles. The van der Waals surface area contributed by atoms with Crippen LogP contribution in [0.15, 0.2) is 54.0 Å². The molecule has 0 amide bonds. The molecule has 0 fully saturated rings. The zero-order valence-corrected chi connectivity index (χ0v) is 13.7. The zero-order valence-electron chi connectivity index (χ0n) is 12.9. The van der Waals surface area contributed by atoms with Crippen LogP contribution in [0.4, 0.5) is 4.39 Å². The van der Waals surface area contributed by atoms with Crippen LogP contribution in [0.5, 0.6) is 0 Å². The molecule has 1 heterocycles. The van der Waals surface area contributed by atoms with E-state index in [4.69, 9.17) is 23.1 Å². The second kappa shape index (κ2) is 6.69. The monoisotopic (exact) mass is 341 g/mol. The SMILES string of the molecule is C=Cc1ccc(C2=CC=NC2c2ccc(F)c(Cl)c2)cc1C(N)N. The van der Waals surface area contributed by atoms with Crippen molar-refractivity contribution in [3.63, 3.8) is 0 Å². The van der Waals surface area contributed by atoms with Gasteiger partial charge in [0.05, 0.1) is 11.2 Å². The molecular weight excluding hydrogens is 325 g/mol. The first kappa shape index (κ1) is 16.6. The summed E-state index contributed by atoms with van der Waals surface area (Å²) in [6, 6.07) is 10.3. The van der Waals surface area contributed by atoms with Gasteiger partial charge in [-0.2, -0.15) is 0 Å². The van der Waals surface area contributed by atoms with Gasteiger partial charge in [-0.3, -0.25) is 4.99 Å². The summed E-state index contributed by atoms with van der Waals surface area (Å²) in [6.45, 7) is 3.78. The Hall–Kier alpha value is -2.27. The molecule has 24 heavy (non-hydrogen) atoms. The Morgan fingerprint density at radius 3 is 2.67 bits per heavy atom. The van der Waals surface area contributed by atoms with Crippen molar-refractivity contribution in [2.75, 3.05) is 0 Å². The average molecular weight is 342 g/mol. The highest BCUT2D eigenvalue weighted by Gasteiger charge is 2.22. The zero-order chi connectivity index (χ0) is 17.3. The van der Waals surface area contributed by atoms with Gasteiger partial charge < -0.3 is 11.5 Å². The summed E-state index contributed by atoms with van der Waals surface area (Å²) in [5.74, 6) is -0.445. The number of nitrogens with zero attached hydrogens (tertiary/aromatic N) is 1. The molecular formula is C19H17ClFN3. The number of allylic oxidation sites excluding steroid dienone is 1. The van der Waals surface area contributed by atoms with Crippen LogP contribution in [0, 0.1) is 5.82 Å². The summed E-state index contributed by atoms with van der Waals surface area (Å²) < 4.78 is 13.4. The van der Waals surface area contributed by atoms with E-state index in [1.54, 1.807) is 24.4 Å². The van der Waals surface area contributed by atoms with Gasteiger partial charge in [-0.15, -0.1) is 0 Å². The van der Waals surface area contributed by atoms with Crippen molar-refractivity contribution in [1.82, 2.24) is 0 Å². The number of hydrogen-bond acceptors (Lipinski definition) is 3. The predicted molar refractivity (Wildman–Crippen MR) is 98.3 cm³/mol. The van der Waals surface area contributed by atoms with Crippen LogP contribution in [0.2, 0.25) is 5.02 Å². The molecule has 5 heteroatoms. The molecule has 0 radical (unpaired) electrons. The Morgan fingerprint density at radius 2 is 2.00 bits per heavy atom. The molecule has 0 spiro atoms. The second-order valence-electron chi connectivity index (χ2n) is 5.57. The molecule has 1 aliphatic rings. The van der Waals surface area contributed by atoms with Crippen molar-refractivity contribution in [3.05, 3.63) is 82.1 Å². The molecule has 3 rings (SSSR count). The van der Waals surface area contributed by atoms with Crippen LogP contribution in [-0.4, -0.2) is 6.21 Å². The van der Waals surface area contributed by atoms with Crippen molar-refractivity contribution in [2.24, 2.45) is 16.5 Å². The number of nitrogens with two attached hydrogens (primary N) is 2. The molecule has 0 aliphatic carbocycles. The number of benzene rings is 2. The van der Waals surface area contributed by atoms with E-state index in [0.29, 0.717) is 0 Å². The fourth-order valence-electron chi connectivity index (χ4n) is 2.81. The smallest absolute Gasteiger partial charge is 0.141 e. The first-order chi connectivity index (χ1) is 11.5. The van der Waals surface area contributed by atoms with Crippen molar-refractivity contribution in [3.8, 4) is 0 Å². The summed E-state index contributed by atoms with van der Waals surface area (Å²) in [6.07, 6.45) is 4.79. The van der Waals surface area contributed by atoms with E-state index in [1.807, 2.05) is 24.3 Å². The van der Waals surface area contributed by atoms with Gasteiger partial charge in [0.25, 0.3) is 0 Å². The van der Waals surface area contributed by atoms with E-state index in [-0.39, 0.29) is 11.1 Å². The standard InChI is InChI=1S/C19H17ClFN3/c1-2-11-3-4-12(9-15(11)19(22)23)14-7-8-24-18(14)13-5-6-17(21)16(20)10-13/h2-10,18-19H,1,22-23H2. The van der Waals surface area contributed by atoms with Crippen LogP contribution in [0.25, 0.3) is 11.6 Å². The lowest BCUT2D eigenvalue weighted by atomic mass is 9.91. The minimum Gasteiger partial charge on any atom is -0.312 e. The van der Waals surface area contributed by atoms with Gasteiger partial charge in [-0.05, 0) is 52.1 Å². The summed E-state index contributed by atoms with van der Waals surface area (Å²) in [7, 11) is 0. The normalized spacial score (nSPS) is 16.5. The molecule has 0 aromatic heterocycles. The van der Waals surface area contributed by atoms with Gasteiger partial charge >= 0.3 is 0 Å². The fraction of sp³-hybridized carbons (Fsp3) is 0.105. The van der Waals surface area contributed by atoms with E-state index < -0.39 is 12.0 Å². The van der Waals surface area contributed by atoms with E-state index in [2.05, 4.69) is 11.6 Å². The lowest BCUT2D eigenvalue weighted by Crippen LogP contribution is -2.21. The Labute approximate surface area is 145 Å². The average Bonchev–Trinajstić information content (AvgIpc) is 3.06. The molecule has 4 N–H and O–H groups in total. The Morgan fingerprint density at radius 1 is 1.21 bits per heavy atom. The third-order valence-electron chi connectivity index (χ3n) is 4.04. The van der Waals surface area contributed by atoms with Crippen molar-refractivity contribution < 1.29 is 4.39 Å². The molecule has 1 atom stereocenters. The fourth-order valence-corrected chi connectivity index (χ4v) is 3.00. The molecule has 2 aromatic rings. The maximum atomic E-state index is 13.4. The molecule has 2 aromatic carbocycles. The van der Waals surface area contributed by atoms with Gasteiger partial charge in [0, 0.05) is 6.21 Å². The van der Waals surface area contributed by atoms with Gasteiger partial charge in [0.1, 0.15) is 11.9 Å². The van der Waals surface area contributed by atoms with Crippen molar-refractivity contribution in [1.29, 1.82) is 0 Å². The number of rotatable bonds is 4. The first-order valence-electron chi connectivity index (χ1n) is 7.47. The third kappa shape index (κ3) is 3.04. The van der Waals surface area contributed by atoms with Crippen LogP contribution < -0.4 is 11.5 Å². The Balaban J connectivity index is 2.01. The quantitative estimate of drug-likeness (QED) is 0.816. The van der Waals surface area contributed by atoms with Gasteiger partial charge in [0.2, 0.25) is 0 Å². The lowest BCUT2D eigenvalue weighted by Gasteiger charge is -2.17. The van der Waals surface area contributed by atoms with Crippen LogP contribution in [0.1, 0.15) is 34.5 Å². The third-order valence-corrected chi connectivity index (χ3v) is 4.33. The van der Waals surface area contributed by atoms with Crippen molar-refractivity contribution >= 4 is 29.5 Å². The minimum absolute atomic E-state index is 0.0839. The van der Waals surface area contributed by atoms with E-state index in [9.17, 15) is 4.39 Å². The molecule has 122 valence electrons. The van der Waals surface area contributed by atoms with Gasteiger partial charge in [-0.25, -0.2) is 4.39 Å². The molecule has 1 unspecified atom stereocenters. The second-order valence-corrected chi connectivity index (χ2v) is 5.98. The van der Waals surface area contributed by atoms with Crippen LogP contribution in [0.3, 0.4) is 0 Å². The Kier molecular flexibility index (Phi) is 4.62. The Bertz CT molecular complexity index is 856. The number of hydrogen-bond donors (Lipinski definition) is 2. The number of aliphatic imine (C=N–C) groups is 1. The van der Waals surface area contributed by atoms with Gasteiger partial charge in [0.15, 0.2) is 0 Å². The maximum absolute atomic E-state index is 13.4. The summed E-state index contributed by atoms with van der Waals surface area (Å²) >= 11 is 5.90. The predicted octanol–water partition coefficient (Wildman–Crippen LogP) is 4.25. The summed E-state index contributed by atoms with van der Waals surface area (Å²) in [5, 5.41) is 0.0839. The number of halogens is 2. The molecule has 1 aliphatic heterocycles. The van der Waals surface area contributed by atoms with Gasteiger partial charge in [-0.1, -0.05) is 42.5 Å². The molecule has 3 nitrogen and oxygen atoms in total. The van der Waals surface area contributed by atoms with E-state index in [1.165, 1.54) is 6.07 Å². The van der Waals surface area contributed by atoms with Crippen LogP contribution >= 0.6 is 11.6 Å². The minimum atomic E-state index is -0.598. The molecule has 0 bridgehead atoms. The van der Waals surface area contributed by atoms with E-state index in [0.717, 1.165) is 27.8 Å². The largest absolute Gasteiger partial charge is 0.312 e. The first-order valence-corrected chi connectivity index (χ1v) is 7.85. The molecule has 0 saturated carbocycles.